The fraction of sp³-hybridized carbons (Fsp3) is 0.167. The van der Waals surface area contributed by atoms with E-state index in [0.29, 0.717) is 29.5 Å². The standard InChI is InChI=1S/C18H17ClN2O4/c1-13-2-8-16(12-17(13)19)25-11-10-20-18(22)9-5-14-3-6-15(7-4-14)21(23)24/h2-9,12H,10-11H2,1H3,(H,20,22)/b9-5+. The third-order valence-corrected chi connectivity index (χ3v) is 3.75. The van der Waals surface area contributed by atoms with Gasteiger partial charge in [0.1, 0.15) is 12.4 Å². The fourth-order valence-electron chi connectivity index (χ4n) is 1.94. The number of ether oxygens (including phenoxy) is 1. The third kappa shape index (κ3) is 5.93. The molecule has 0 unspecified atom stereocenters. The number of aryl methyl sites for hydroxylation is 1. The number of hydrogen-bond acceptors (Lipinski definition) is 4. The van der Waals surface area contributed by atoms with Crippen LogP contribution in [0, 0.1) is 17.0 Å². The van der Waals surface area contributed by atoms with Gasteiger partial charge in [0.15, 0.2) is 0 Å². The van der Waals surface area contributed by atoms with Crippen molar-refractivity contribution >= 4 is 29.3 Å². The molecule has 25 heavy (non-hydrogen) atoms. The van der Waals surface area contributed by atoms with Gasteiger partial charge >= 0.3 is 0 Å². The highest BCUT2D eigenvalue weighted by Gasteiger charge is 2.03. The molecule has 0 bridgehead atoms. The largest absolute Gasteiger partial charge is 0.492 e. The lowest BCUT2D eigenvalue weighted by molar-refractivity contribution is -0.384. The highest BCUT2D eigenvalue weighted by molar-refractivity contribution is 6.31. The molecular formula is C18H17ClN2O4. The van der Waals surface area contributed by atoms with E-state index in [0.717, 1.165) is 5.56 Å². The van der Waals surface area contributed by atoms with Crippen LogP contribution in [-0.2, 0) is 4.79 Å². The van der Waals surface area contributed by atoms with Gasteiger partial charge in [-0.15, -0.1) is 0 Å². The van der Waals surface area contributed by atoms with Crippen molar-refractivity contribution in [2.24, 2.45) is 0 Å². The molecule has 0 aliphatic carbocycles. The molecule has 7 heteroatoms. The summed E-state index contributed by atoms with van der Waals surface area (Å²) in [5, 5.41) is 13.9. The van der Waals surface area contributed by atoms with Gasteiger partial charge in [0.25, 0.3) is 5.69 Å². The molecule has 0 spiro atoms. The van der Waals surface area contributed by atoms with Crippen LogP contribution < -0.4 is 10.1 Å². The molecule has 0 aromatic heterocycles. The van der Waals surface area contributed by atoms with Crippen LogP contribution >= 0.6 is 11.6 Å². The average molecular weight is 361 g/mol. The van der Waals surface area contributed by atoms with Gasteiger partial charge in [-0.3, -0.25) is 14.9 Å². The van der Waals surface area contributed by atoms with E-state index >= 15 is 0 Å². The first kappa shape index (κ1) is 18.5. The second kappa shape index (κ2) is 8.84. The predicted octanol–water partition coefficient (Wildman–Crippen LogP) is 3.77. The number of carbonyl (C=O) groups excluding carboxylic acids is 1. The number of amides is 1. The number of carbonyl (C=O) groups is 1. The number of nitrogens with one attached hydrogen (secondary N) is 1. The minimum Gasteiger partial charge on any atom is -0.492 e. The second-order valence-corrected chi connectivity index (χ2v) is 5.64. The third-order valence-electron chi connectivity index (χ3n) is 3.34. The molecule has 2 aromatic rings. The Morgan fingerprint density at radius 1 is 1.28 bits per heavy atom. The highest BCUT2D eigenvalue weighted by Crippen LogP contribution is 2.21. The molecule has 130 valence electrons. The Hall–Kier alpha value is -2.86. The number of nitro groups is 1. The Morgan fingerprint density at radius 2 is 2.00 bits per heavy atom. The van der Waals surface area contributed by atoms with Crippen LogP contribution in [0.4, 0.5) is 5.69 Å². The van der Waals surface area contributed by atoms with Gasteiger partial charge in [0.05, 0.1) is 11.5 Å². The highest BCUT2D eigenvalue weighted by atomic mass is 35.5. The Labute approximate surface area is 150 Å². The maximum Gasteiger partial charge on any atom is 0.269 e. The van der Waals surface area contributed by atoms with E-state index < -0.39 is 4.92 Å². The molecule has 2 rings (SSSR count). The summed E-state index contributed by atoms with van der Waals surface area (Å²) in [7, 11) is 0. The molecule has 0 heterocycles. The number of benzene rings is 2. The quantitative estimate of drug-likeness (QED) is 0.353. The Kier molecular flexibility index (Phi) is 6.54. The molecule has 6 nitrogen and oxygen atoms in total. The number of non-ortho nitro benzene ring substituents is 1. The molecular weight excluding hydrogens is 344 g/mol. The van der Waals surface area contributed by atoms with Crippen molar-refractivity contribution in [3.63, 3.8) is 0 Å². The van der Waals surface area contributed by atoms with Crippen molar-refractivity contribution in [3.05, 3.63) is 74.8 Å². The number of rotatable bonds is 7. The summed E-state index contributed by atoms with van der Waals surface area (Å²) in [6.07, 6.45) is 2.95. The lowest BCUT2D eigenvalue weighted by Crippen LogP contribution is -2.26. The van der Waals surface area contributed by atoms with E-state index in [1.807, 2.05) is 19.1 Å². The van der Waals surface area contributed by atoms with Crippen molar-refractivity contribution in [1.82, 2.24) is 5.32 Å². The zero-order valence-electron chi connectivity index (χ0n) is 13.6. The van der Waals surface area contributed by atoms with Crippen molar-refractivity contribution in [3.8, 4) is 5.75 Å². The minimum atomic E-state index is -0.471. The number of nitrogens with zero attached hydrogens (tertiary/aromatic N) is 1. The Balaban J connectivity index is 1.74. The van der Waals surface area contributed by atoms with E-state index in [1.165, 1.54) is 18.2 Å². The van der Waals surface area contributed by atoms with Gasteiger partial charge < -0.3 is 10.1 Å². The van der Waals surface area contributed by atoms with E-state index in [4.69, 9.17) is 16.3 Å². The summed E-state index contributed by atoms with van der Waals surface area (Å²) in [4.78, 5) is 21.8. The van der Waals surface area contributed by atoms with Crippen molar-refractivity contribution in [2.75, 3.05) is 13.2 Å². The van der Waals surface area contributed by atoms with E-state index in [2.05, 4.69) is 5.32 Å². The molecule has 0 fully saturated rings. The zero-order valence-corrected chi connectivity index (χ0v) is 14.3. The average Bonchev–Trinajstić information content (AvgIpc) is 2.60. The molecule has 1 N–H and O–H groups in total. The summed E-state index contributed by atoms with van der Waals surface area (Å²) in [6, 6.07) is 11.3. The van der Waals surface area contributed by atoms with Crippen LogP contribution in [0.3, 0.4) is 0 Å². The van der Waals surface area contributed by atoms with Crippen molar-refractivity contribution < 1.29 is 14.5 Å². The molecule has 1 amide bonds. The van der Waals surface area contributed by atoms with Crippen LogP contribution in [0.1, 0.15) is 11.1 Å². The van der Waals surface area contributed by atoms with Crippen LogP contribution in [-0.4, -0.2) is 24.0 Å². The second-order valence-electron chi connectivity index (χ2n) is 5.23. The number of hydrogen-bond donors (Lipinski definition) is 1. The molecule has 0 saturated heterocycles. The monoisotopic (exact) mass is 360 g/mol. The lowest BCUT2D eigenvalue weighted by atomic mass is 10.2. The van der Waals surface area contributed by atoms with E-state index in [1.54, 1.807) is 24.3 Å². The fourth-order valence-corrected chi connectivity index (χ4v) is 2.11. The van der Waals surface area contributed by atoms with Gasteiger partial charge in [0.2, 0.25) is 5.91 Å². The van der Waals surface area contributed by atoms with Crippen LogP contribution in [0.5, 0.6) is 5.75 Å². The Bertz CT molecular complexity index is 788. The number of halogens is 1. The van der Waals surface area contributed by atoms with Gasteiger partial charge in [-0.25, -0.2) is 0 Å². The first-order chi connectivity index (χ1) is 12.0. The summed E-state index contributed by atoms with van der Waals surface area (Å²) >= 11 is 6.01. The Morgan fingerprint density at radius 3 is 2.64 bits per heavy atom. The smallest absolute Gasteiger partial charge is 0.269 e. The predicted molar refractivity (Wildman–Crippen MR) is 96.8 cm³/mol. The maximum atomic E-state index is 11.7. The summed E-state index contributed by atoms with van der Waals surface area (Å²) in [6.45, 7) is 2.56. The molecule has 0 atom stereocenters. The lowest BCUT2D eigenvalue weighted by Gasteiger charge is -2.07. The molecule has 0 aliphatic rings. The summed E-state index contributed by atoms with van der Waals surface area (Å²) < 4.78 is 5.50. The first-order valence-electron chi connectivity index (χ1n) is 7.55. The SMILES string of the molecule is Cc1ccc(OCCNC(=O)/C=C/c2ccc([N+](=O)[O-])cc2)cc1Cl. The molecule has 0 aliphatic heterocycles. The van der Waals surface area contributed by atoms with Crippen LogP contribution in [0.25, 0.3) is 6.08 Å². The first-order valence-corrected chi connectivity index (χ1v) is 7.93. The normalized spacial score (nSPS) is 10.6. The van der Waals surface area contributed by atoms with Crippen molar-refractivity contribution in [2.45, 2.75) is 6.92 Å². The molecule has 0 saturated carbocycles. The summed E-state index contributed by atoms with van der Waals surface area (Å²) in [5.74, 6) is 0.371. The summed E-state index contributed by atoms with van der Waals surface area (Å²) in [5.41, 5.74) is 1.68. The van der Waals surface area contributed by atoms with Crippen molar-refractivity contribution in [1.29, 1.82) is 0 Å². The maximum absolute atomic E-state index is 11.7. The van der Waals surface area contributed by atoms with Crippen LogP contribution in [0.2, 0.25) is 5.02 Å². The molecule has 2 aromatic carbocycles. The van der Waals surface area contributed by atoms with E-state index in [9.17, 15) is 14.9 Å². The minimum absolute atomic E-state index is 0.00922. The van der Waals surface area contributed by atoms with E-state index in [-0.39, 0.29) is 11.6 Å². The molecule has 0 radical (unpaired) electrons. The van der Waals surface area contributed by atoms with Crippen LogP contribution in [0.15, 0.2) is 48.5 Å². The topological polar surface area (TPSA) is 81.5 Å². The van der Waals surface area contributed by atoms with Gasteiger partial charge in [-0.1, -0.05) is 17.7 Å². The van der Waals surface area contributed by atoms with Gasteiger partial charge in [0, 0.05) is 23.2 Å². The number of nitro benzene ring substituents is 1. The van der Waals surface area contributed by atoms with Gasteiger partial charge in [-0.2, -0.15) is 0 Å². The zero-order chi connectivity index (χ0) is 18.2. The van der Waals surface area contributed by atoms with Gasteiger partial charge in [-0.05, 0) is 48.4 Å².